The third-order valence-electron chi connectivity index (χ3n) is 4.39. The molecule has 1 fully saturated rings. The number of carbonyl (C=O) groups is 1. The highest BCUT2D eigenvalue weighted by molar-refractivity contribution is 5.99. The number of ketones is 1. The molecule has 1 saturated heterocycles. The molecule has 0 aliphatic carbocycles. The number of fused-ring (bicyclic) bond motifs is 1. The van der Waals surface area contributed by atoms with Crippen LogP contribution >= 0.6 is 0 Å². The van der Waals surface area contributed by atoms with E-state index < -0.39 is 0 Å². The number of hydrogen-bond acceptors (Lipinski definition) is 5. The molecule has 0 aromatic carbocycles. The van der Waals surface area contributed by atoms with Crippen molar-refractivity contribution in [2.24, 2.45) is 0 Å². The minimum atomic E-state index is -0.336. The number of halogens is 1. The van der Waals surface area contributed by atoms with Gasteiger partial charge >= 0.3 is 0 Å². The van der Waals surface area contributed by atoms with Crippen LogP contribution in [0.4, 0.5) is 10.2 Å². The largest absolute Gasteiger partial charge is 0.349 e. The third-order valence-corrected chi connectivity index (χ3v) is 4.39. The second-order valence-corrected chi connectivity index (χ2v) is 5.96. The van der Waals surface area contributed by atoms with Crippen LogP contribution in [0.15, 0.2) is 36.9 Å². The smallest absolute Gasteiger partial charge is 0.168 e. The molecule has 3 aromatic heterocycles. The SMILES string of the molecule is CC(=O)c1cnn2ccc(N3CCC[C@@H]3c3cncc(F)c3)nc12. The van der Waals surface area contributed by atoms with Crippen molar-refractivity contribution < 1.29 is 9.18 Å². The molecule has 122 valence electrons. The zero-order valence-electron chi connectivity index (χ0n) is 13.2. The molecule has 3 aromatic rings. The van der Waals surface area contributed by atoms with E-state index in [4.69, 9.17) is 0 Å². The average molecular weight is 325 g/mol. The molecular weight excluding hydrogens is 309 g/mol. The topological polar surface area (TPSA) is 63.4 Å². The van der Waals surface area contributed by atoms with Crippen LogP contribution in [0.3, 0.4) is 0 Å². The molecule has 0 amide bonds. The molecule has 4 heterocycles. The Labute approximate surface area is 138 Å². The first kappa shape index (κ1) is 14.7. The lowest BCUT2D eigenvalue weighted by atomic mass is 10.1. The lowest BCUT2D eigenvalue weighted by molar-refractivity contribution is 0.101. The van der Waals surface area contributed by atoms with Crippen LogP contribution in [0, 0.1) is 5.82 Å². The van der Waals surface area contributed by atoms with Gasteiger partial charge in [-0.25, -0.2) is 13.9 Å². The summed E-state index contributed by atoms with van der Waals surface area (Å²) in [5.74, 6) is 0.358. The lowest BCUT2D eigenvalue weighted by Gasteiger charge is -2.26. The van der Waals surface area contributed by atoms with Gasteiger partial charge in [0.15, 0.2) is 11.4 Å². The maximum Gasteiger partial charge on any atom is 0.168 e. The van der Waals surface area contributed by atoms with E-state index in [9.17, 15) is 9.18 Å². The van der Waals surface area contributed by atoms with E-state index >= 15 is 0 Å². The Balaban J connectivity index is 1.75. The molecule has 1 aliphatic rings. The van der Waals surface area contributed by atoms with E-state index in [1.165, 1.54) is 25.4 Å². The summed E-state index contributed by atoms with van der Waals surface area (Å²) in [4.78, 5) is 22.4. The summed E-state index contributed by atoms with van der Waals surface area (Å²) < 4.78 is 15.1. The number of rotatable bonds is 3. The van der Waals surface area contributed by atoms with E-state index in [1.807, 2.05) is 6.07 Å². The van der Waals surface area contributed by atoms with Crippen LogP contribution in [0.5, 0.6) is 0 Å². The average Bonchev–Trinajstić information content (AvgIpc) is 3.21. The molecule has 0 N–H and O–H groups in total. The molecule has 0 unspecified atom stereocenters. The molecule has 0 radical (unpaired) electrons. The van der Waals surface area contributed by atoms with Crippen molar-refractivity contribution in [2.75, 3.05) is 11.4 Å². The fourth-order valence-corrected chi connectivity index (χ4v) is 3.27. The Hall–Kier alpha value is -2.83. The van der Waals surface area contributed by atoms with Gasteiger partial charge in [-0.1, -0.05) is 0 Å². The Morgan fingerprint density at radius 1 is 1.33 bits per heavy atom. The highest BCUT2D eigenvalue weighted by atomic mass is 19.1. The van der Waals surface area contributed by atoms with Crippen LogP contribution in [0.25, 0.3) is 5.65 Å². The Morgan fingerprint density at radius 2 is 2.21 bits per heavy atom. The van der Waals surface area contributed by atoms with Crippen LogP contribution in [0.2, 0.25) is 0 Å². The molecule has 6 nitrogen and oxygen atoms in total. The number of nitrogens with zero attached hydrogens (tertiary/aromatic N) is 5. The number of aromatic nitrogens is 4. The van der Waals surface area contributed by atoms with Crippen molar-refractivity contribution in [2.45, 2.75) is 25.8 Å². The predicted octanol–water partition coefficient (Wildman–Crippen LogP) is 2.81. The Kier molecular flexibility index (Phi) is 3.48. The summed E-state index contributed by atoms with van der Waals surface area (Å²) in [5.41, 5.74) is 1.89. The van der Waals surface area contributed by atoms with Gasteiger partial charge < -0.3 is 4.90 Å². The fourth-order valence-electron chi connectivity index (χ4n) is 3.27. The van der Waals surface area contributed by atoms with Crippen LogP contribution in [-0.2, 0) is 0 Å². The van der Waals surface area contributed by atoms with E-state index in [0.717, 1.165) is 30.8 Å². The van der Waals surface area contributed by atoms with Gasteiger partial charge in [-0.3, -0.25) is 9.78 Å². The number of hydrogen-bond donors (Lipinski definition) is 0. The summed E-state index contributed by atoms with van der Waals surface area (Å²) in [6, 6.07) is 3.43. The summed E-state index contributed by atoms with van der Waals surface area (Å²) in [6.07, 6.45) is 8.14. The number of anilines is 1. The number of pyridine rings is 1. The van der Waals surface area contributed by atoms with Gasteiger partial charge in [0.1, 0.15) is 11.6 Å². The van der Waals surface area contributed by atoms with E-state index in [1.54, 1.807) is 16.9 Å². The van der Waals surface area contributed by atoms with Crippen molar-refractivity contribution in [3.8, 4) is 0 Å². The normalized spacial score (nSPS) is 17.6. The molecule has 0 spiro atoms. The molecule has 4 rings (SSSR count). The van der Waals surface area contributed by atoms with Crippen LogP contribution in [-0.4, -0.2) is 31.9 Å². The van der Waals surface area contributed by atoms with Crippen molar-refractivity contribution in [3.63, 3.8) is 0 Å². The van der Waals surface area contributed by atoms with E-state index in [0.29, 0.717) is 11.2 Å². The van der Waals surface area contributed by atoms with Gasteiger partial charge in [-0.15, -0.1) is 0 Å². The third kappa shape index (κ3) is 2.42. The molecule has 1 aliphatic heterocycles. The standard InChI is InChI=1S/C17H16FN5O/c1-11(24)14-10-20-23-6-4-16(21-17(14)23)22-5-2-3-15(22)12-7-13(18)9-19-8-12/h4,6-10,15H,2-3,5H2,1H3/t15-/m1/s1. The van der Waals surface area contributed by atoms with Gasteiger partial charge in [0.05, 0.1) is 24.0 Å². The quantitative estimate of drug-likeness (QED) is 0.693. The van der Waals surface area contributed by atoms with Gasteiger partial charge in [0.25, 0.3) is 0 Å². The highest BCUT2D eigenvalue weighted by Gasteiger charge is 2.28. The summed E-state index contributed by atoms with van der Waals surface area (Å²) >= 11 is 0. The highest BCUT2D eigenvalue weighted by Crippen LogP contribution is 2.35. The summed E-state index contributed by atoms with van der Waals surface area (Å²) in [7, 11) is 0. The maximum absolute atomic E-state index is 13.5. The maximum atomic E-state index is 13.5. The summed E-state index contributed by atoms with van der Waals surface area (Å²) in [6.45, 7) is 2.33. The van der Waals surface area contributed by atoms with Crippen LogP contribution < -0.4 is 4.90 Å². The van der Waals surface area contributed by atoms with Crippen molar-refractivity contribution in [1.82, 2.24) is 19.6 Å². The number of carbonyl (C=O) groups excluding carboxylic acids is 1. The van der Waals surface area contributed by atoms with Gasteiger partial charge in [0.2, 0.25) is 0 Å². The van der Waals surface area contributed by atoms with E-state index in [-0.39, 0.29) is 17.6 Å². The first-order valence-corrected chi connectivity index (χ1v) is 7.86. The Bertz CT molecular complexity index is 922. The first-order valence-electron chi connectivity index (χ1n) is 7.86. The zero-order valence-corrected chi connectivity index (χ0v) is 13.2. The monoisotopic (exact) mass is 325 g/mol. The first-order chi connectivity index (χ1) is 11.6. The number of Topliss-reactive ketones (excluding diaryl/α,β-unsaturated/α-hetero) is 1. The van der Waals surface area contributed by atoms with Crippen molar-refractivity contribution in [1.29, 1.82) is 0 Å². The molecule has 7 heteroatoms. The summed E-state index contributed by atoms with van der Waals surface area (Å²) in [5, 5.41) is 4.15. The molecule has 0 saturated carbocycles. The minimum Gasteiger partial charge on any atom is -0.349 e. The fraction of sp³-hybridized carbons (Fsp3) is 0.294. The van der Waals surface area contributed by atoms with Gasteiger partial charge in [0, 0.05) is 18.9 Å². The molecular formula is C17H16FN5O. The minimum absolute atomic E-state index is 0.0341. The Morgan fingerprint density at radius 3 is 3.00 bits per heavy atom. The van der Waals surface area contributed by atoms with Gasteiger partial charge in [-0.05, 0) is 37.5 Å². The lowest BCUT2D eigenvalue weighted by Crippen LogP contribution is -2.24. The second kappa shape index (κ2) is 5.67. The van der Waals surface area contributed by atoms with Crippen molar-refractivity contribution in [3.05, 3.63) is 53.9 Å². The second-order valence-electron chi connectivity index (χ2n) is 5.96. The zero-order chi connectivity index (χ0) is 16.7. The van der Waals surface area contributed by atoms with E-state index in [2.05, 4.69) is 20.0 Å². The predicted molar refractivity (Wildman–Crippen MR) is 86.5 cm³/mol. The molecule has 24 heavy (non-hydrogen) atoms. The van der Waals surface area contributed by atoms with Crippen LogP contribution in [0.1, 0.15) is 41.7 Å². The van der Waals surface area contributed by atoms with Crippen molar-refractivity contribution >= 4 is 17.2 Å². The van der Waals surface area contributed by atoms with Gasteiger partial charge in [-0.2, -0.15) is 5.10 Å². The molecule has 0 bridgehead atoms. The molecule has 1 atom stereocenters.